The summed E-state index contributed by atoms with van der Waals surface area (Å²) < 4.78 is 28.8. The molecule has 2 aromatic carbocycles. The van der Waals surface area contributed by atoms with Crippen molar-refractivity contribution in [3.63, 3.8) is 0 Å². The first kappa shape index (κ1) is 18.6. The van der Waals surface area contributed by atoms with Crippen molar-refractivity contribution in [2.45, 2.75) is 43.5 Å². The van der Waals surface area contributed by atoms with Gasteiger partial charge in [-0.3, -0.25) is 0 Å². The molecule has 156 valence electrons. The van der Waals surface area contributed by atoms with E-state index in [1.54, 1.807) is 22.0 Å². The molecule has 0 spiro atoms. The topological polar surface area (TPSA) is 40.6 Å². The zero-order valence-electron chi connectivity index (χ0n) is 17.6. The molecule has 2 aliphatic heterocycles. The predicted molar refractivity (Wildman–Crippen MR) is 119 cm³/mol. The molecule has 0 N–H and O–H groups in total. The molecule has 1 saturated heterocycles. The molecule has 6 rings (SSSR count). The lowest BCUT2D eigenvalue weighted by Crippen LogP contribution is -2.45. The van der Waals surface area contributed by atoms with Crippen LogP contribution >= 0.6 is 0 Å². The summed E-state index contributed by atoms with van der Waals surface area (Å²) in [5.41, 5.74) is 5.20. The van der Waals surface area contributed by atoms with E-state index < -0.39 is 10.0 Å². The number of benzene rings is 2. The molecule has 2 heterocycles. The van der Waals surface area contributed by atoms with Crippen LogP contribution in [0.5, 0.6) is 0 Å². The third-order valence-corrected chi connectivity index (χ3v) is 9.44. The molecule has 4 nitrogen and oxygen atoms in total. The van der Waals surface area contributed by atoms with Gasteiger partial charge in [-0.2, -0.15) is 4.31 Å². The zero-order valence-corrected chi connectivity index (χ0v) is 18.4. The third kappa shape index (κ3) is 2.58. The lowest BCUT2D eigenvalue weighted by molar-refractivity contribution is 0.287. The van der Waals surface area contributed by atoms with Crippen molar-refractivity contribution in [2.24, 2.45) is 11.3 Å². The number of hydrogen-bond acceptors (Lipinski definition) is 3. The van der Waals surface area contributed by atoms with E-state index in [9.17, 15) is 8.42 Å². The van der Waals surface area contributed by atoms with Crippen molar-refractivity contribution in [3.05, 3.63) is 71.3 Å². The highest BCUT2D eigenvalue weighted by molar-refractivity contribution is 7.89. The van der Waals surface area contributed by atoms with Crippen LogP contribution in [-0.2, 0) is 10.0 Å². The highest BCUT2D eigenvalue weighted by atomic mass is 32.2. The van der Waals surface area contributed by atoms with Gasteiger partial charge >= 0.3 is 0 Å². The van der Waals surface area contributed by atoms with Gasteiger partial charge in [-0.15, -0.1) is 0 Å². The molecule has 0 amide bonds. The van der Waals surface area contributed by atoms with Gasteiger partial charge in [0.1, 0.15) is 0 Å². The van der Waals surface area contributed by atoms with Crippen molar-refractivity contribution in [1.29, 1.82) is 0 Å². The quantitative estimate of drug-likeness (QED) is 0.694. The molecule has 5 heteroatoms. The molecule has 0 bridgehead atoms. The number of rotatable bonds is 3. The summed E-state index contributed by atoms with van der Waals surface area (Å²) in [6, 6.07) is 16.4. The SMILES string of the molecule is Cc1ccc(S(=O)(=O)N2CCN3c4ccccc4[C@H]4C(C5CC5)=C[C@](C)(C2)[C@H]43)cc1. The average Bonchev–Trinajstić information content (AvgIpc) is 3.48. The van der Waals surface area contributed by atoms with Crippen LogP contribution in [0, 0.1) is 18.3 Å². The molecule has 4 aliphatic rings. The van der Waals surface area contributed by atoms with E-state index in [0.29, 0.717) is 35.9 Å². The van der Waals surface area contributed by atoms with Gasteiger partial charge in [0, 0.05) is 42.7 Å². The van der Waals surface area contributed by atoms with E-state index in [0.717, 1.165) is 12.1 Å². The number of aryl methyl sites for hydroxylation is 1. The molecular weight excluding hydrogens is 392 g/mol. The van der Waals surface area contributed by atoms with Crippen molar-refractivity contribution < 1.29 is 8.42 Å². The Morgan fingerprint density at radius 2 is 1.73 bits per heavy atom. The van der Waals surface area contributed by atoms with Crippen molar-refractivity contribution in [2.75, 3.05) is 24.5 Å². The highest BCUT2D eigenvalue weighted by Gasteiger charge is 2.57. The van der Waals surface area contributed by atoms with Crippen LogP contribution in [0.2, 0.25) is 0 Å². The van der Waals surface area contributed by atoms with Crippen LogP contribution < -0.4 is 4.90 Å². The Kier molecular flexibility index (Phi) is 3.86. The molecule has 3 atom stereocenters. The fraction of sp³-hybridized carbons (Fsp3) is 0.440. The lowest BCUT2D eigenvalue weighted by atomic mass is 9.81. The maximum Gasteiger partial charge on any atom is 0.243 e. The van der Waals surface area contributed by atoms with E-state index in [2.05, 4.69) is 42.2 Å². The van der Waals surface area contributed by atoms with Crippen LogP contribution in [-0.4, -0.2) is 38.4 Å². The van der Waals surface area contributed by atoms with E-state index in [1.165, 1.54) is 24.1 Å². The van der Waals surface area contributed by atoms with Crippen LogP contribution in [0.25, 0.3) is 0 Å². The van der Waals surface area contributed by atoms with E-state index in [1.807, 2.05) is 19.1 Å². The molecule has 0 unspecified atom stereocenters. The highest BCUT2D eigenvalue weighted by Crippen LogP contribution is 2.61. The zero-order chi connectivity index (χ0) is 20.7. The Morgan fingerprint density at radius 1 is 1.00 bits per heavy atom. The van der Waals surface area contributed by atoms with Crippen molar-refractivity contribution in [3.8, 4) is 0 Å². The minimum Gasteiger partial charge on any atom is -0.365 e. The van der Waals surface area contributed by atoms with Crippen LogP contribution in [0.15, 0.2) is 65.1 Å². The smallest absolute Gasteiger partial charge is 0.243 e. The second-order valence-corrected chi connectivity index (χ2v) is 11.7. The largest absolute Gasteiger partial charge is 0.365 e. The number of sulfonamides is 1. The molecule has 2 aliphatic carbocycles. The summed E-state index contributed by atoms with van der Waals surface area (Å²) in [7, 11) is -3.52. The monoisotopic (exact) mass is 420 g/mol. The van der Waals surface area contributed by atoms with Gasteiger partial charge in [-0.1, -0.05) is 54.5 Å². The van der Waals surface area contributed by atoms with Crippen LogP contribution in [0.1, 0.15) is 36.8 Å². The maximum atomic E-state index is 13.5. The summed E-state index contributed by atoms with van der Waals surface area (Å²) in [6.45, 7) is 6.08. The van der Waals surface area contributed by atoms with Crippen LogP contribution in [0.3, 0.4) is 0 Å². The number of nitrogens with zero attached hydrogens (tertiary/aromatic N) is 2. The maximum absolute atomic E-state index is 13.5. The second-order valence-electron chi connectivity index (χ2n) is 9.75. The van der Waals surface area contributed by atoms with E-state index >= 15 is 0 Å². The normalized spacial score (nSPS) is 30.6. The summed E-state index contributed by atoms with van der Waals surface area (Å²) in [6.07, 6.45) is 5.02. The Morgan fingerprint density at radius 3 is 2.47 bits per heavy atom. The predicted octanol–water partition coefficient (Wildman–Crippen LogP) is 4.33. The Hall–Kier alpha value is -2.11. The van der Waals surface area contributed by atoms with E-state index in [4.69, 9.17) is 0 Å². The summed E-state index contributed by atoms with van der Waals surface area (Å²) >= 11 is 0. The first-order valence-corrected chi connectivity index (χ1v) is 12.5. The minimum atomic E-state index is -3.52. The molecule has 0 radical (unpaired) electrons. The first-order chi connectivity index (χ1) is 14.4. The van der Waals surface area contributed by atoms with Crippen molar-refractivity contribution in [1.82, 2.24) is 4.31 Å². The molecule has 1 saturated carbocycles. The fourth-order valence-electron chi connectivity index (χ4n) is 6.10. The van der Waals surface area contributed by atoms with Crippen molar-refractivity contribution >= 4 is 15.7 Å². The summed E-state index contributed by atoms with van der Waals surface area (Å²) in [5.74, 6) is 1.11. The molecule has 0 aromatic heterocycles. The van der Waals surface area contributed by atoms with Gasteiger partial charge < -0.3 is 4.90 Å². The Balaban J connectivity index is 1.44. The fourth-order valence-corrected chi connectivity index (χ4v) is 7.64. The molecule has 30 heavy (non-hydrogen) atoms. The Labute approximate surface area is 179 Å². The van der Waals surface area contributed by atoms with Gasteiger partial charge in [-0.25, -0.2) is 8.42 Å². The lowest BCUT2D eigenvalue weighted by Gasteiger charge is -2.36. The Bertz CT molecular complexity index is 1150. The molecular formula is C25H28N2O2S. The van der Waals surface area contributed by atoms with Gasteiger partial charge in [0.15, 0.2) is 0 Å². The van der Waals surface area contributed by atoms with Crippen LogP contribution in [0.4, 0.5) is 5.69 Å². The number of hydrogen-bond donors (Lipinski definition) is 0. The number of fused-ring (bicyclic) bond motifs is 3. The summed E-state index contributed by atoms with van der Waals surface area (Å²) in [5, 5.41) is 0. The standard InChI is InChI=1S/C25H28N2O2S/c1-17-7-11-19(12-8-17)30(28,29)26-13-14-27-22-6-4-3-5-20(22)23-21(18-9-10-18)15-25(2,16-26)24(23)27/h3-8,11-12,15,18,23-24H,9-10,13-14,16H2,1-2H3/t23-,24-,25+/m0/s1. The van der Waals surface area contributed by atoms with Gasteiger partial charge in [0.25, 0.3) is 0 Å². The van der Waals surface area contributed by atoms with Gasteiger partial charge in [0.2, 0.25) is 10.0 Å². The first-order valence-electron chi connectivity index (χ1n) is 11.0. The van der Waals surface area contributed by atoms with E-state index in [-0.39, 0.29) is 5.41 Å². The summed E-state index contributed by atoms with van der Waals surface area (Å²) in [4.78, 5) is 2.91. The third-order valence-electron chi connectivity index (χ3n) is 7.58. The van der Waals surface area contributed by atoms with Gasteiger partial charge in [0.05, 0.1) is 4.90 Å². The number of anilines is 1. The van der Waals surface area contributed by atoms with Gasteiger partial charge in [-0.05, 0) is 49.4 Å². The number of para-hydroxylation sites is 1. The second kappa shape index (κ2) is 6.21. The average molecular weight is 421 g/mol. The molecule has 2 fully saturated rings. The molecule has 2 aromatic rings. The minimum absolute atomic E-state index is 0.185.